The van der Waals surface area contributed by atoms with Gasteiger partial charge in [0.05, 0.1) is 12.2 Å². The SMILES string of the molecule is Cc1cccc(OCC(=O)N2CC(n3cc(COc4ccccc4)nn3)C2)c1. The number of hydrogen-bond acceptors (Lipinski definition) is 5. The molecule has 0 radical (unpaired) electrons. The second-order valence-corrected chi connectivity index (χ2v) is 6.85. The number of carbonyl (C=O) groups excluding carboxylic acids is 1. The van der Waals surface area contributed by atoms with Crippen LogP contribution in [0.4, 0.5) is 0 Å². The van der Waals surface area contributed by atoms with Gasteiger partial charge in [-0.1, -0.05) is 35.5 Å². The van der Waals surface area contributed by atoms with Gasteiger partial charge >= 0.3 is 0 Å². The van der Waals surface area contributed by atoms with Crippen molar-refractivity contribution in [1.29, 1.82) is 0 Å². The molecule has 0 N–H and O–H groups in total. The summed E-state index contributed by atoms with van der Waals surface area (Å²) < 4.78 is 13.1. The highest BCUT2D eigenvalue weighted by molar-refractivity contribution is 5.78. The summed E-state index contributed by atoms with van der Waals surface area (Å²) in [6.07, 6.45) is 1.87. The minimum absolute atomic E-state index is 0.0227. The quantitative estimate of drug-likeness (QED) is 0.632. The number of ether oxygens (including phenoxy) is 2. The van der Waals surface area contributed by atoms with E-state index in [1.54, 1.807) is 9.58 Å². The Morgan fingerprint density at radius 1 is 1.07 bits per heavy atom. The second-order valence-electron chi connectivity index (χ2n) is 6.85. The predicted molar refractivity (Wildman–Crippen MR) is 103 cm³/mol. The van der Waals surface area contributed by atoms with Crippen molar-refractivity contribution in [3.8, 4) is 11.5 Å². The third kappa shape index (κ3) is 4.31. The molecule has 1 aliphatic heterocycles. The predicted octanol–water partition coefficient (Wildman–Crippen LogP) is 2.63. The molecule has 0 spiro atoms. The van der Waals surface area contributed by atoms with Crippen molar-refractivity contribution < 1.29 is 14.3 Å². The first-order chi connectivity index (χ1) is 13.7. The van der Waals surface area contributed by atoms with Crippen LogP contribution in [0.25, 0.3) is 0 Å². The maximum absolute atomic E-state index is 12.3. The van der Waals surface area contributed by atoms with Gasteiger partial charge in [0.2, 0.25) is 0 Å². The zero-order valence-corrected chi connectivity index (χ0v) is 15.7. The highest BCUT2D eigenvalue weighted by atomic mass is 16.5. The molecule has 1 fully saturated rings. The van der Waals surface area contributed by atoms with Crippen molar-refractivity contribution in [3.63, 3.8) is 0 Å². The number of para-hydroxylation sites is 1. The lowest BCUT2D eigenvalue weighted by Gasteiger charge is -2.38. The van der Waals surface area contributed by atoms with Crippen molar-refractivity contribution in [1.82, 2.24) is 19.9 Å². The van der Waals surface area contributed by atoms with Crippen molar-refractivity contribution in [3.05, 3.63) is 72.1 Å². The van der Waals surface area contributed by atoms with E-state index in [2.05, 4.69) is 10.3 Å². The molecular formula is C21H22N4O3. The molecule has 3 aromatic rings. The largest absolute Gasteiger partial charge is 0.487 e. The van der Waals surface area contributed by atoms with Crippen molar-refractivity contribution in [2.75, 3.05) is 19.7 Å². The summed E-state index contributed by atoms with van der Waals surface area (Å²) in [4.78, 5) is 14.0. The lowest BCUT2D eigenvalue weighted by Crippen LogP contribution is -2.52. The summed E-state index contributed by atoms with van der Waals surface area (Å²) in [6.45, 7) is 3.62. The Balaban J connectivity index is 1.22. The maximum atomic E-state index is 12.3. The molecule has 144 valence electrons. The average Bonchev–Trinajstić information content (AvgIpc) is 3.13. The third-order valence-corrected chi connectivity index (χ3v) is 4.63. The molecule has 0 atom stereocenters. The van der Waals surface area contributed by atoms with Gasteiger partial charge in [0.1, 0.15) is 23.8 Å². The molecule has 28 heavy (non-hydrogen) atoms. The summed E-state index contributed by atoms with van der Waals surface area (Å²) in [5, 5.41) is 8.31. The lowest BCUT2D eigenvalue weighted by atomic mass is 10.1. The number of hydrogen-bond donors (Lipinski definition) is 0. The van der Waals surface area contributed by atoms with Crippen LogP contribution in [0.3, 0.4) is 0 Å². The van der Waals surface area contributed by atoms with Gasteiger partial charge in [0.15, 0.2) is 6.61 Å². The molecule has 7 nitrogen and oxygen atoms in total. The number of benzene rings is 2. The Hall–Kier alpha value is -3.35. The molecule has 1 amide bonds. The number of aryl methyl sites for hydroxylation is 1. The van der Waals surface area contributed by atoms with Crippen LogP contribution in [0.5, 0.6) is 11.5 Å². The van der Waals surface area contributed by atoms with Crippen LogP contribution in [-0.2, 0) is 11.4 Å². The summed E-state index contributed by atoms with van der Waals surface area (Å²) >= 11 is 0. The van der Waals surface area contributed by atoms with Crippen molar-refractivity contribution in [2.45, 2.75) is 19.6 Å². The van der Waals surface area contributed by atoms with Gasteiger partial charge in [-0.15, -0.1) is 5.10 Å². The standard InChI is InChI=1S/C21H22N4O3/c1-16-6-5-9-20(10-16)28-15-21(26)24-12-18(13-24)25-11-17(22-23-25)14-27-19-7-3-2-4-8-19/h2-11,18H,12-15H2,1H3. The number of nitrogens with zero attached hydrogens (tertiary/aromatic N) is 4. The fourth-order valence-electron chi connectivity index (χ4n) is 3.00. The number of carbonyl (C=O) groups is 1. The number of amides is 1. The molecule has 0 unspecified atom stereocenters. The molecule has 7 heteroatoms. The van der Waals surface area contributed by atoms with Crippen LogP contribution in [-0.4, -0.2) is 45.5 Å². The monoisotopic (exact) mass is 378 g/mol. The molecule has 4 rings (SSSR count). The molecule has 2 heterocycles. The van der Waals surface area contributed by atoms with Gasteiger partial charge in [-0.25, -0.2) is 4.68 Å². The molecule has 0 bridgehead atoms. The highest BCUT2D eigenvalue weighted by Gasteiger charge is 2.32. The summed E-state index contributed by atoms with van der Waals surface area (Å²) in [5.41, 5.74) is 1.86. The Labute approximate surface area is 163 Å². The average molecular weight is 378 g/mol. The molecule has 0 aliphatic carbocycles. The first-order valence-corrected chi connectivity index (χ1v) is 9.23. The van der Waals surface area contributed by atoms with Gasteiger partial charge in [-0.05, 0) is 36.8 Å². The zero-order valence-electron chi connectivity index (χ0n) is 15.7. The zero-order chi connectivity index (χ0) is 19.3. The summed E-state index contributed by atoms with van der Waals surface area (Å²) in [6, 6.07) is 17.4. The van der Waals surface area contributed by atoms with E-state index in [-0.39, 0.29) is 18.6 Å². The van der Waals surface area contributed by atoms with E-state index in [0.717, 1.165) is 17.0 Å². The summed E-state index contributed by atoms with van der Waals surface area (Å²) in [5.74, 6) is 1.49. The molecule has 1 saturated heterocycles. The highest BCUT2D eigenvalue weighted by Crippen LogP contribution is 2.21. The molecule has 1 aromatic heterocycles. The van der Waals surface area contributed by atoms with E-state index in [4.69, 9.17) is 9.47 Å². The first kappa shape index (κ1) is 18.0. The molecule has 1 aliphatic rings. The summed E-state index contributed by atoms with van der Waals surface area (Å²) in [7, 11) is 0. The van der Waals surface area contributed by atoms with Crippen LogP contribution in [0.15, 0.2) is 60.8 Å². The number of likely N-dealkylation sites (tertiary alicyclic amines) is 1. The van der Waals surface area contributed by atoms with Crippen molar-refractivity contribution >= 4 is 5.91 Å². The normalized spacial score (nSPS) is 13.8. The van der Waals surface area contributed by atoms with Crippen LogP contribution < -0.4 is 9.47 Å². The molecule has 2 aromatic carbocycles. The van der Waals surface area contributed by atoms with E-state index in [1.165, 1.54) is 0 Å². The van der Waals surface area contributed by atoms with E-state index in [1.807, 2.05) is 67.7 Å². The van der Waals surface area contributed by atoms with E-state index in [0.29, 0.717) is 25.4 Å². The third-order valence-electron chi connectivity index (χ3n) is 4.63. The fraction of sp³-hybridized carbons (Fsp3) is 0.286. The Kier molecular flexibility index (Phi) is 5.23. The van der Waals surface area contributed by atoms with E-state index >= 15 is 0 Å². The number of aromatic nitrogens is 3. The minimum atomic E-state index is -0.0227. The minimum Gasteiger partial charge on any atom is -0.487 e. The van der Waals surface area contributed by atoms with Gasteiger partial charge in [0, 0.05) is 13.1 Å². The lowest BCUT2D eigenvalue weighted by molar-refractivity contribution is -0.139. The molecule has 0 saturated carbocycles. The topological polar surface area (TPSA) is 69.5 Å². The second kappa shape index (κ2) is 8.12. The Morgan fingerprint density at radius 2 is 1.86 bits per heavy atom. The fourth-order valence-corrected chi connectivity index (χ4v) is 3.00. The van der Waals surface area contributed by atoms with Gasteiger partial charge < -0.3 is 14.4 Å². The smallest absolute Gasteiger partial charge is 0.260 e. The van der Waals surface area contributed by atoms with Crippen LogP contribution >= 0.6 is 0 Å². The van der Waals surface area contributed by atoms with E-state index in [9.17, 15) is 4.79 Å². The van der Waals surface area contributed by atoms with Crippen molar-refractivity contribution in [2.24, 2.45) is 0 Å². The number of rotatable bonds is 7. The Bertz CT molecular complexity index is 936. The maximum Gasteiger partial charge on any atom is 0.260 e. The van der Waals surface area contributed by atoms with Gasteiger partial charge in [-0.3, -0.25) is 4.79 Å². The first-order valence-electron chi connectivity index (χ1n) is 9.23. The van der Waals surface area contributed by atoms with Gasteiger partial charge in [0.25, 0.3) is 5.91 Å². The van der Waals surface area contributed by atoms with Gasteiger partial charge in [-0.2, -0.15) is 0 Å². The molecular weight excluding hydrogens is 356 g/mol. The van der Waals surface area contributed by atoms with Crippen LogP contribution in [0.2, 0.25) is 0 Å². The van der Waals surface area contributed by atoms with Crippen LogP contribution in [0, 0.1) is 6.92 Å². The van der Waals surface area contributed by atoms with E-state index < -0.39 is 0 Å². The Morgan fingerprint density at radius 3 is 2.64 bits per heavy atom. The van der Waals surface area contributed by atoms with Crippen LogP contribution in [0.1, 0.15) is 17.3 Å².